The zero-order valence-corrected chi connectivity index (χ0v) is 10.9. The third-order valence-electron chi connectivity index (χ3n) is 2.73. The highest BCUT2D eigenvalue weighted by molar-refractivity contribution is 5.27. The van der Waals surface area contributed by atoms with Gasteiger partial charge in [-0.25, -0.2) is 0 Å². The molecule has 1 aromatic carbocycles. The third-order valence-corrected chi connectivity index (χ3v) is 2.73. The van der Waals surface area contributed by atoms with Crippen molar-refractivity contribution in [3.05, 3.63) is 35.4 Å². The van der Waals surface area contributed by atoms with Gasteiger partial charge < -0.3 is 15.2 Å². The van der Waals surface area contributed by atoms with Crippen molar-refractivity contribution in [2.45, 2.75) is 25.2 Å². The van der Waals surface area contributed by atoms with Crippen LogP contribution in [0, 0.1) is 0 Å². The van der Waals surface area contributed by atoms with Crippen molar-refractivity contribution in [3.8, 4) is 0 Å². The lowest BCUT2D eigenvalue weighted by molar-refractivity contribution is -0.137. The summed E-state index contributed by atoms with van der Waals surface area (Å²) in [7, 11) is 1.47. The van der Waals surface area contributed by atoms with Gasteiger partial charge in [-0.1, -0.05) is 12.1 Å². The van der Waals surface area contributed by atoms with Gasteiger partial charge in [0.15, 0.2) is 0 Å². The maximum atomic E-state index is 12.6. The van der Waals surface area contributed by atoms with Crippen LogP contribution in [0.3, 0.4) is 0 Å². The molecule has 0 aromatic heterocycles. The molecule has 1 rings (SSSR count). The fourth-order valence-electron chi connectivity index (χ4n) is 1.67. The average Bonchev–Trinajstić information content (AvgIpc) is 2.35. The Kier molecular flexibility index (Phi) is 5.78. The second-order valence-electron chi connectivity index (χ2n) is 4.36. The minimum atomic E-state index is -4.34. The normalized spacial score (nSPS) is 15.3. The van der Waals surface area contributed by atoms with Gasteiger partial charge in [0.2, 0.25) is 0 Å². The number of halogens is 3. The molecule has 2 unspecified atom stereocenters. The van der Waals surface area contributed by atoms with Gasteiger partial charge >= 0.3 is 6.18 Å². The van der Waals surface area contributed by atoms with Gasteiger partial charge in [0.1, 0.15) is 0 Å². The first-order valence-electron chi connectivity index (χ1n) is 5.92. The zero-order valence-electron chi connectivity index (χ0n) is 10.9. The maximum Gasteiger partial charge on any atom is 0.416 e. The lowest BCUT2D eigenvalue weighted by Crippen LogP contribution is -2.31. The molecule has 0 amide bonds. The molecule has 0 saturated heterocycles. The number of aliphatic hydroxyl groups excluding tert-OH is 1. The molecule has 0 heterocycles. The summed E-state index contributed by atoms with van der Waals surface area (Å²) >= 11 is 0. The Morgan fingerprint density at radius 3 is 2.63 bits per heavy atom. The van der Waals surface area contributed by atoms with Crippen LogP contribution in [0.15, 0.2) is 24.3 Å². The van der Waals surface area contributed by atoms with E-state index in [4.69, 9.17) is 4.74 Å². The molecule has 0 bridgehead atoms. The molecule has 0 aliphatic heterocycles. The van der Waals surface area contributed by atoms with Crippen molar-refractivity contribution in [3.63, 3.8) is 0 Å². The first-order valence-corrected chi connectivity index (χ1v) is 5.92. The van der Waals surface area contributed by atoms with E-state index in [1.54, 1.807) is 13.0 Å². The topological polar surface area (TPSA) is 41.5 Å². The third kappa shape index (κ3) is 5.18. The summed E-state index contributed by atoms with van der Waals surface area (Å²) in [5, 5.41) is 12.4. The summed E-state index contributed by atoms with van der Waals surface area (Å²) in [6, 6.07) is 4.86. The summed E-state index contributed by atoms with van der Waals surface area (Å²) in [6.45, 7) is 2.18. The number of hydrogen-bond donors (Lipinski definition) is 2. The smallest absolute Gasteiger partial charge is 0.389 e. The van der Waals surface area contributed by atoms with E-state index in [-0.39, 0.29) is 19.2 Å². The molecule has 19 heavy (non-hydrogen) atoms. The summed E-state index contributed by atoms with van der Waals surface area (Å²) in [4.78, 5) is 0. The van der Waals surface area contributed by atoms with Gasteiger partial charge in [-0.3, -0.25) is 0 Å². The second kappa shape index (κ2) is 6.88. The van der Waals surface area contributed by atoms with Crippen molar-refractivity contribution < 1.29 is 23.0 Å². The molecule has 0 fully saturated rings. The monoisotopic (exact) mass is 277 g/mol. The number of rotatable bonds is 6. The van der Waals surface area contributed by atoms with Crippen LogP contribution in [0.4, 0.5) is 13.2 Å². The van der Waals surface area contributed by atoms with Crippen LogP contribution in [0.1, 0.15) is 24.1 Å². The van der Waals surface area contributed by atoms with E-state index in [9.17, 15) is 18.3 Å². The molecule has 6 heteroatoms. The van der Waals surface area contributed by atoms with Crippen LogP contribution in [0.25, 0.3) is 0 Å². The van der Waals surface area contributed by atoms with Crippen LogP contribution in [0.2, 0.25) is 0 Å². The lowest BCUT2D eigenvalue weighted by atomic mass is 10.0. The van der Waals surface area contributed by atoms with E-state index in [1.165, 1.54) is 13.2 Å². The molecule has 0 aliphatic carbocycles. The Balaban J connectivity index is 2.64. The summed E-state index contributed by atoms with van der Waals surface area (Å²) in [5.74, 6) is 0. The fourth-order valence-corrected chi connectivity index (χ4v) is 1.67. The number of aliphatic hydroxyl groups is 1. The predicted molar refractivity (Wildman–Crippen MR) is 65.7 cm³/mol. The molecule has 2 atom stereocenters. The van der Waals surface area contributed by atoms with Gasteiger partial charge in [0, 0.05) is 19.7 Å². The minimum absolute atomic E-state index is 0.183. The minimum Gasteiger partial charge on any atom is -0.389 e. The standard InChI is InChI=1S/C13H18F3NO2/c1-9(17-7-12(18)8-19-2)10-4-3-5-11(6-10)13(14,15)16/h3-6,9,12,17-18H,7-8H2,1-2H3. The number of alkyl halides is 3. The second-order valence-corrected chi connectivity index (χ2v) is 4.36. The maximum absolute atomic E-state index is 12.6. The molecule has 1 aromatic rings. The van der Waals surface area contributed by atoms with Crippen molar-refractivity contribution in [2.24, 2.45) is 0 Å². The first kappa shape index (κ1) is 15.9. The summed E-state index contributed by atoms with van der Waals surface area (Å²) in [5.41, 5.74) is -0.143. The Hall–Kier alpha value is -1.11. The van der Waals surface area contributed by atoms with Gasteiger partial charge in [-0.15, -0.1) is 0 Å². The zero-order chi connectivity index (χ0) is 14.5. The van der Waals surface area contributed by atoms with Crippen molar-refractivity contribution >= 4 is 0 Å². The predicted octanol–water partition coefficient (Wildman–Crippen LogP) is 2.36. The summed E-state index contributed by atoms with van der Waals surface area (Å²) in [6.07, 6.45) is -5.02. The van der Waals surface area contributed by atoms with Crippen LogP contribution in [-0.4, -0.2) is 31.5 Å². The molecule has 0 saturated carbocycles. The van der Waals surface area contributed by atoms with Crippen LogP contribution in [-0.2, 0) is 10.9 Å². The molecule has 0 spiro atoms. The molecule has 3 nitrogen and oxygen atoms in total. The Morgan fingerprint density at radius 2 is 2.05 bits per heavy atom. The van der Waals surface area contributed by atoms with Gasteiger partial charge in [-0.2, -0.15) is 13.2 Å². The van der Waals surface area contributed by atoms with E-state index in [2.05, 4.69) is 5.32 Å². The number of methoxy groups -OCH3 is 1. The van der Waals surface area contributed by atoms with E-state index in [0.29, 0.717) is 5.56 Å². The highest BCUT2D eigenvalue weighted by Crippen LogP contribution is 2.30. The Morgan fingerprint density at radius 1 is 1.37 bits per heavy atom. The number of ether oxygens (including phenoxy) is 1. The van der Waals surface area contributed by atoms with Crippen LogP contribution in [0.5, 0.6) is 0 Å². The van der Waals surface area contributed by atoms with Gasteiger partial charge in [0.25, 0.3) is 0 Å². The van der Waals surface area contributed by atoms with E-state index in [1.807, 2.05) is 0 Å². The molecular weight excluding hydrogens is 259 g/mol. The summed E-state index contributed by atoms with van der Waals surface area (Å²) < 4.78 is 42.5. The van der Waals surface area contributed by atoms with Crippen LogP contribution < -0.4 is 5.32 Å². The van der Waals surface area contributed by atoms with E-state index >= 15 is 0 Å². The molecular formula is C13H18F3NO2. The first-order chi connectivity index (χ1) is 8.84. The highest BCUT2D eigenvalue weighted by Gasteiger charge is 2.30. The SMILES string of the molecule is COCC(O)CNC(C)c1cccc(C(F)(F)F)c1. The van der Waals surface area contributed by atoms with E-state index < -0.39 is 17.8 Å². The van der Waals surface area contributed by atoms with Gasteiger partial charge in [0.05, 0.1) is 18.3 Å². The Bertz CT molecular complexity index is 396. The average molecular weight is 277 g/mol. The number of nitrogens with one attached hydrogen (secondary N) is 1. The van der Waals surface area contributed by atoms with Crippen LogP contribution >= 0.6 is 0 Å². The Labute approximate surface area is 110 Å². The molecule has 2 N–H and O–H groups in total. The highest BCUT2D eigenvalue weighted by atomic mass is 19.4. The fraction of sp³-hybridized carbons (Fsp3) is 0.538. The van der Waals surface area contributed by atoms with E-state index in [0.717, 1.165) is 12.1 Å². The molecule has 0 radical (unpaired) electrons. The number of hydrogen-bond acceptors (Lipinski definition) is 3. The molecule has 108 valence electrons. The van der Waals surface area contributed by atoms with Crippen molar-refractivity contribution in [1.29, 1.82) is 0 Å². The number of benzene rings is 1. The van der Waals surface area contributed by atoms with Crippen molar-refractivity contribution in [1.82, 2.24) is 5.32 Å². The quantitative estimate of drug-likeness (QED) is 0.838. The lowest BCUT2D eigenvalue weighted by Gasteiger charge is -2.18. The molecule has 0 aliphatic rings. The van der Waals surface area contributed by atoms with Gasteiger partial charge in [-0.05, 0) is 24.6 Å². The van der Waals surface area contributed by atoms with Crippen molar-refractivity contribution in [2.75, 3.05) is 20.3 Å². The largest absolute Gasteiger partial charge is 0.416 e.